The average Bonchev–Trinajstić information content (AvgIpc) is 2.28. The summed E-state index contributed by atoms with van der Waals surface area (Å²) in [6.07, 6.45) is 1.04. The number of hydrogen-bond acceptors (Lipinski definition) is 2. The van der Waals surface area contributed by atoms with E-state index in [1.54, 1.807) is 0 Å². The fourth-order valence-corrected chi connectivity index (χ4v) is 1.79. The van der Waals surface area contributed by atoms with Crippen LogP contribution >= 0.6 is 0 Å². The van der Waals surface area contributed by atoms with Gasteiger partial charge in [-0.3, -0.25) is 0 Å². The van der Waals surface area contributed by atoms with Gasteiger partial charge < -0.3 is 9.84 Å². The quantitative estimate of drug-likeness (QED) is 0.866. The van der Waals surface area contributed by atoms with Crippen LogP contribution in [-0.2, 0) is 4.74 Å². The molecule has 0 saturated carbocycles. The summed E-state index contributed by atoms with van der Waals surface area (Å²) in [6, 6.07) is 1.09. The zero-order valence-electron chi connectivity index (χ0n) is 8.92. The first-order valence-electron chi connectivity index (χ1n) is 5.22. The zero-order valence-corrected chi connectivity index (χ0v) is 8.92. The molecule has 1 atom stereocenters. The molecule has 2 rings (SSSR count). The first kappa shape index (κ1) is 12.0. The van der Waals surface area contributed by atoms with Crippen LogP contribution in [0, 0.1) is 17.5 Å². The molecule has 1 aromatic carbocycles. The van der Waals surface area contributed by atoms with Crippen molar-refractivity contribution in [1.82, 2.24) is 0 Å². The molecule has 1 aliphatic heterocycles. The topological polar surface area (TPSA) is 29.5 Å². The fraction of sp³-hybridized carbons (Fsp3) is 0.333. The van der Waals surface area contributed by atoms with Gasteiger partial charge in [-0.05, 0) is 18.4 Å². The van der Waals surface area contributed by atoms with Crippen LogP contribution in [0.15, 0.2) is 24.0 Å². The van der Waals surface area contributed by atoms with Gasteiger partial charge >= 0.3 is 0 Å². The van der Waals surface area contributed by atoms with Crippen molar-refractivity contribution in [3.63, 3.8) is 0 Å². The van der Waals surface area contributed by atoms with Crippen molar-refractivity contribution in [1.29, 1.82) is 0 Å². The van der Waals surface area contributed by atoms with Crippen molar-refractivity contribution in [3.8, 4) is 0 Å². The third-order valence-electron chi connectivity index (χ3n) is 2.63. The van der Waals surface area contributed by atoms with Gasteiger partial charge in [0.1, 0.15) is 23.6 Å². The van der Waals surface area contributed by atoms with Crippen LogP contribution in [-0.4, -0.2) is 11.7 Å². The lowest BCUT2D eigenvalue weighted by Crippen LogP contribution is -2.11. The van der Waals surface area contributed by atoms with Gasteiger partial charge in [0, 0.05) is 12.1 Å². The molecule has 0 aromatic heterocycles. The van der Waals surface area contributed by atoms with E-state index in [9.17, 15) is 18.3 Å². The van der Waals surface area contributed by atoms with Crippen LogP contribution in [0.1, 0.15) is 24.5 Å². The highest BCUT2D eigenvalue weighted by Gasteiger charge is 2.24. The van der Waals surface area contributed by atoms with Gasteiger partial charge in [0.25, 0.3) is 0 Å². The smallest absolute Gasteiger partial charge is 0.135 e. The van der Waals surface area contributed by atoms with Crippen LogP contribution in [0.5, 0.6) is 0 Å². The Morgan fingerprint density at radius 2 is 1.82 bits per heavy atom. The summed E-state index contributed by atoms with van der Waals surface area (Å²) < 4.78 is 44.5. The van der Waals surface area contributed by atoms with E-state index in [2.05, 4.69) is 0 Å². The number of ether oxygens (including phenoxy) is 1. The SMILES string of the molecule is OC(C1=COCCC1)c1c(F)cc(F)cc1F. The first-order chi connectivity index (χ1) is 8.09. The van der Waals surface area contributed by atoms with Crippen LogP contribution in [0.25, 0.3) is 0 Å². The fourth-order valence-electron chi connectivity index (χ4n) is 1.79. The van der Waals surface area contributed by atoms with Crippen molar-refractivity contribution >= 4 is 0 Å². The van der Waals surface area contributed by atoms with Crippen molar-refractivity contribution in [2.45, 2.75) is 18.9 Å². The van der Waals surface area contributed by atoms with Gasteiger partial charge in [-0.1, -0.05) is 0 Å². The molecule has 17 heavy (non-hydrogen) atoms. The minimum Gasteiger partial charge on any atom is -0.501 e. The van der Waals surface area contributed by atoms with E-state index >= 15 is 0 Å². The van der Waals surface area contributed by atoms with Gasteiger partial charge in [0.2, 0.25) is 0 Å². The van der Waals surface area contributed by atoms with Gasteiger partial charge in [0.05, 0.1) is 18.4 Å². The molecule has 92 valence electrons. The zero-order chi connectivity index (χ0) is 12.4. The number of hydrogen-bond donors (Lipinski definition) is 1. The van der Waals surface area contributed by atoms with Crippen LogP contribution < -0.4 is 0 Å². The molecule has 0 radical (unpaired) electrons. The van der Waals surface area contributed by atoms with Crippen molar-refractivity contribution < 1.29 is 23.0 Å². The molecule has 0 fully saturated rings. The van der Waals surface area contributed by atoms with E-state index in [1.165, 1.54) is 6.26 Å². The third-order valence-corrected chi connectivity index (χ3v) is 2.63. The molecule has 1 unspecified atom stereocenters. The Morgan fingerprint density at radius 1 is 1.18 bits per heavy atom. The molecule has 0 bridgehead atoms. The predicted molar refractivity (Wildman–Crippen MR) is 54.5 cm³/mol. The number of rotatable bonds is 2. The highest BCUT2D eigenvalue weighted by Crippen LogP contribution is 2.31. The van der Waals surface area contributed by atoms with E-state index in [0.717, 1.165) is 0 Å². The molecular formula is C12H11F3O2. The Bertz CT molecular complexity index is 434. The van der Waals surface area contributed by atoms with Crippen molar-refractivity contribution in [3.05, 3.63) is 47.0 Å². The third kappa shape index (κ3) is 2.44. The molecule has 1 N–H and O–H groups in total. The maximum absolute atomic E-state index is 13.4. The van der Waals surface area contributed by atoms with Gasteiger partial charge in [0.15, 0.2) is 0 Å². The Balaban J connectivity index is 2.36. The molecular weight excluding hydrogens is 233 g/mol. The number of aliphatic hydroxyl groups excluding tert-OH is 1. The molecule has 2 nitrogen and oxygen atoms in total. The average molecular weight is 244 g/mol. The Labute approximate surface area is 96.3 Å². The molecule has 1 aliphatic rings. The maximum Gasteiger partial charge on any atom is 0.135 e. The molecule has 1 heterocycles. The lowest BCUT2D eigenvalue weighted by atomic mass is 9.97. The summed E-state index contributed by atoms with van der Waals surface area (Å²) in [5.41, 5.74) is -0.149. The summed E-state index contributed by atoms with van der Waals surface area (Å²) >= 11 is 0. The molecule has 0 saturated heterocycles. The van der Waals surface area contributed by atoms with Crippen LogP contribution in [0.4, 0.5) is 13.2 Å². The van der Waals surface area contributed by atoms with Gasteiger partial charge in [-0.15, -0.1) is 0 Å². The molecule has 1 aromatic rings. The highest BCUT2D eigenvalue weighted by molar-refractivity contribution is 5.29. The highest BCUT2D eigenvalue weighted by atomic mass is 19.1. The number of benzene rings is 1. The summed E-state index contributed by atoms with van der Waals surface area (Å²) in [4.78, 5) is 0. The second-order valence-electron chi connectivity index (χ2n) is 3.85. The van der Waals surface area contributed by atoms with E-state index in [-0.39, 0.29) is 0 Å². The molecule has 5 heteroatoms. The maximum atomic E-state index is 13.4. The summed E-state index contributed by atoms with van der Waals surface area (Å²) in [5, 5.41) is 9.85. The van der Waals surface area contributed by atoms with Crippen LogP contribution in [0.2, 0.25) is 0 Å². The minimum atomic E-state index is -1.43. The summed E-state index contributed by atoms with van der Waals surface area (Å²) in [6.45, 7) is 0.518. The summed E-state index contributed by atoms with van der Waals surface area (Å²) in [7, 11) is 0. The van der Waals surface area contributed by atoms with Crippen molar-refractivity contribution in [2.24, 2.45) is 0 Å². The predicted octanol–water partition coefficient (Wildman–Crippen LogP) is 2.83. The first-order valence-corrected chi connectivity index (χ1v) is 5.22. The van der Waals surface area contributed by atoms with Crippen LogP contribution in [0.3, 0.4) is 0 Å². The minimum absolute atomic E-state index is 0.389. The second kappa shape index (κ2) is 4.79. The number of halogens is 3. The molecule has 0 amide bonds. The Kier molecular flexibility index (Phi) is 3.38. The normalized spacial score (nSPS) is 17.3. The van der Waals surface area contributed by atoms with E-state index in [4.69, 9.17) is 4.74 Å². The monoisotopic (exact) mass is 244 g/mol. The largest absolute Gasteiger partial charge is 0.501 e. The summed E-state index contributed by atoms with van der Waals surface area (Å²) in [5.74, 6) is -3.20. The lowest BCUT2D eigenvalue weighted by molar-refractivity contribution is 0.164. The Morgan fingerprint density at radius 3 is 2.35 bits per heavy atom. The van der Waals surface area contributed by atoms with E-state index in [1.807, 2.05) is 0 Å². The van der Waals surface area contributed by atoms with E-state index < -0.39 is 29.1 Å². The van der Waals surface area contributed by atoms with Crippen molar-refractivity contribution in [2.75, 3.05) is 6.61 Å². The molecule has 0 spiro atoms. The van der Waals surface area contributed by atoms with Gasteiger partial charge in [-0.25, -0.2) is 13.2 Å². The second-order valence-corrected chi connectivity index (χ2v) is 3.85. The van der Waals surface area contributed by atoms with Gasteiger partial charge in [-0.2, -0.15) is 0 Å². The molecule has 0 aliphatic carbocycles. The van der Waals surface area contributed by atoms with E-state index in [0.29, 0.717) is 37.2 Å². The Hall–Kier alpha value is -1.49. The standard InChI is InChI=1S/C12H11F3O2/c13-8-4-9(14)11(10(15)5-8)12(16)7-2-1-3-17-6-7/h4-6,12,16H,1-3H2. The number of aliphatic hydroxyl groups is 1. The lowest BCUT2D eigenvalue weighted by Gasteiger charge is -2.20.